The second kappa shape index (κ2) is 3.28. The van der Waals surface area contributed by atoms with E-state index in [1.54, 1.807) is 0 Å². The number of aliphatic hydroxyl groups is 1. The maximum atomic E-state index is 11.9. The van der Waals surface area contributed by atoms with Crippen molar-refractivity contribution in [1.29, 1.82) is 0 Å². The summed E-state index contributed by atoms with van der Waals surface area (Å²) in [4.78, 5) is 9.51. The number of carbonyl (C=O) groups is 1. The second-order valence-electron chi connectivity index (χ2n) is 1.98. The molecule has 0 amide bonds. The van der Waals surface area contributed by atoms with E-state index in [1.165, 1.54) is 0 Å². The van der Waals surface area contributed by atoms with Crippen molar-refractivity contribution in [3.05, 3.63) is 0 Å². The summed E-state index contributed by atoms with van der Waals surface area (Å²) < 4.78 is 71.8. The zero-order valence-corrected chi connectivity index (χ0v) is 5.98. The molecule has 0 aromatic carbocycles. The molecule has 0 radical (unpaired) electrons. The molecule has 0 aliphatic rings. The van der Waals surface area contributed by atoms with Crippen molar-refractivity contribution < 1.29 is 46.1 Å². The monoisotopic (exact) mass is 228 g/mol. The molecule has 0 aliphatic carbocycles. The Bertz CT molecular complexity index is 232. The number of carboxylic acids is 1. The zero-order valence-electron chi connectivity index (χ0n) is 5.98. The van der Waals surface area contributed by atoms with Gasteiger partial charge in [-0.05, 0) is 0 Å². The van der Waals surface area contributed by atoms with Gasteiger partial charge in [0.05, 0.1) is 0 Å². The first-order chi connectivity index (χ1) is 5.90. The topological polar surface area (TPSA) is 66.8 Å². The van der Waals surface area contributed by atoms with Gasteiger partial charge in [0.15, 0.2) is 0 Å². The van der Waals surface area contributed by atoms with E-state index < -0.39 is 24.3 Å². The third kappa shape index (κ3) is 2.73. The predicted molar refractivity (Wildman–Crippen MR) is 25.8 cm³/mol. The van der Waals surface area contributed by atoms with E-state index in [0.29, 0.717) is 0 Å². The van der Waals surface area contributed by atoms with E-state index in [1.807, 2.05) is 0 Å². The SMILES string of the molecule is O=C(O)C(F)(F)OC(O)(F)C(F)(F)F. The van der Waals surface area contributed by atoms with Gasteiger partial charge in [-0.1, -0.05) is 0 Å². The molecular weight excluding hydrogens is 226 g/mol. The number of alkyl halides is 6. The Morgan fingerprint density at radius 1 is 1.07 bits per heavy atom. The zero-order chi connectivity index (χ0) is 11.8. The van der Waals surface area contributed by atoms with E-state index in [-0.39, 0.29) is 0 Å². The summed E-state index contributed by atoms with van der Waals surface area (Å²) >= 11 is 0. The van der Waals surface area contributed by atoms with Gasteiger partial charge < -0.3 is 10.2 Å². The molecule has 4 nitrogen and oxygen atoms in total. The maximum absolute atomic E-state index is 11.9. The molecule has 14 heavy (non-hydrogen) atoms. The minimum absolute atomic E-state index is 2.08. The molecule has 1 unspecified atom stereocenters. The van der Waals surface area contributed by atoms with Crippen molar-refractivity contribution in [3.63, 3.8) is 0 Å². The number of aliphatic carboxylic acids is 1. The maximum Gasteiger partial charge on any atom is 0.478 e. The Hall–Kier alpha value is -1.03. The Morgan fingerprint density at radius 3 is 1.64 bits per heavy atom. The van der Waals surface area contributed by atoms with E-state index in [9.17, 15) is 31.1 Å². The van der Waals surface area contributed by atoms with Crippen LogP contribution in [-0.2, 0) is 9.53 Å². The van der Waals surface area contributed by atoms with Crippen molar-refractivity contribution in [2.45, 2.75) is 18.3 Å². The standard InChI is InChI=1S/C4H2F6O4/c5-2(6,1(11)12)14-4(10,13)3(7,8)9/h13H,(H,11,12). The highest BCUT2D eigenvalue weighted by molar-refractivity contribution is 5.73. The summed E-state index contributed by atoms with van der Waals surface area (Å²) in [6, 6.07) is -5.73. The average molecular weight is 228 g/mol. The van der Waals surface area contributed by atoms with E-state index in [0.717, 1.165) is 0 Å². The summed E-state index contributed by atoms with van der Waals surface area (Å²) in [6.45, 7) is 0. The Morgan fingerprint density at radius 2 is 1.43 bits per heavy atom. The lowest BCUT2D eigenvalue weighted by atomic mass is 10.5. The van der Waals surface area contributed by atoms with Crippen LogP contribution in [0.3, 0.4) is 0 Å². The lowest BCUT2D eigenvalue weighted by Crippen LogP contribution is -2.50. The molecule has 0 spiro atoms. The summed E-state index contributed by atoms with van der Waals surface area (Å²) in [5.74, 6) is -3.17. The highest BCUT2D eigenvalue weighted by Crippen LogP contribution is 2.36. The van der Waals surface area contributed by atoms with Gasteiger partial charge in [-0.2, -0.15) is 26.3 Å². The molecule has 0 heterocycles. The van der Waals surface area contributed by atoms with Crippen molar-refractivity contribution in [1.82, 2.24) is 0 Å². The molecular formula is C4H2F6O4. The molecule has 2 N–H and O–H groups in total. The lowest BCUT2D eigenvalue weighted by molar-refractivity contribution is -0.474. The fourth-order valence-corrected chi connectivity index (χ4v) is 0.271. The van der Waals surface area contributed by atoms with E-state index >= 15 is 0 Å². The van der Waals surface area contributed by atoms with Crippen molar-refractivity contribution >= 4 is 5.97 Å². The van der Waals surface area contributed by atoms with Gasteiger partial charge >= 0.3 is 24.3 Å². The first-order valence-corrected chi connectivity index (χ1v) is 2.69. The molecule has 0 saturated carbocycles. The van der Waals surface area contributed by atoms with Crippen LogP contribution in [0.25, 0.3) is 0 Å². The van der Waals surface area contributed by atoms with Gasteiger partial charge in [0.2, 0.25) is 0 Å². The quantitative estimate of drug-likeness (QED) is 0.555. The van der Waals surface area contributed by atoms with Crippen LogP contribution >= 0.6 is 0 Å². The highest BCUT2D eigenvalue weighted by Gasteiger charge is 2.63. The first kappa shape index (κ1) is 13.0. The molecule has 84 valence electrons. The minimum Gasteiger partial charge on any atom is -0.475 e. The average Bonchev–Trinajstić information content (AvgIpc) is 1.80. The van der Waals surface area contributed by atoms with Crippen LogP contribution in [0.5, 0.6) is 0 Å². The summed E-state index contributed by atoms with van der Waals surface area (Å²) in [6.07, 6.45) is -11.7. The molecule has 0 saturated heterocycles. The van der Waals surface area contributed by atoms with Gasteiger partial charge in [0.1, 0.15) is 0 Å². The largest absolute Gasteiger partial charge is 0.478 e. The van der Waals surface area contributed by atoms with Gasteiger partial charge in [0, 0.05) is 0 Å². The normalized spacial score (nSPS) is 17.6. The van der Waals surface area contributed by atoms with Crippen molar-refractivity contribution in [2.75, 3.05) is 0 Å². The van der Waals surface area contributed by atoms with Crippen molar-refractivity contribution in [2.24, 2.45) is 0 Å². The second-order valence-corrected chi connectivity index (χ2v) is 1.98. The molecule has 0 rings (SSSR count). The molecule has 0 aromatic heterocycles. The summed E-state index contributed by atoms with van der Waals surface area (Å²) in [5.41, 5.74) is 0. The number of hydrogen-bond acceptors (Lipinski definition) is 3. The molecule has 10 heteroatoms. The van der Waals surface area contributed by atoms with Crippen LogP contribution in [-0.4, -0.2) is 34.5 Å². The lowest BCUT2D eigenvalue weighted by Gasteiger charge is -2.24. The third-order valence-electron chi connectivity index (χ3n) is 0.862. The number of halogens is 6. The molecule has 0 bridgehead atoms. The van der Waals surface area contributed by atoms with E-state index in [2.05, 4.69) is 4.74 Å². The number of rotatable bonds is 3. The fourth-order valence-electron chi connectivity index (χ4n) is 0.271. The van der Waals surface area contributed by atoms with Gasteiger partial charge in [-0.25, -0.2) is 9.53 Å². The Labute approximate surface area is 71.7 Å². The Kier molecular flexibility index (Phi) is 3.03. The molecule has 0 aliphatic heterocycles. The summed E-state index contributed by atoms with van der Waals surface area (Å²) in [7, 11) is 0. The van der Waals surface area contributed by atoms with Crippen molar-refractivity contribution in [3.8, 4) is 0 Å². The molecule has 0 fully saturated rings. The summed E-state index contributed by atoms with van der Waals surface area (Å²) in [5, 5.41) is 15.2. The van der Waals surface area contributed by atoms with Crippen LogP contribution in [0.1, 0.15) is 0 Å². The molecule has 1 atom stereocenters. The van der Waals surface area contributed by atoms with Crippen LogP contribution in [0.2, 0.25) is 0 Å². The highest BCUT2D eigenvalue weighted by atomic mass is 19.4. The molecule has 0 aromatic rings. The van der Waals surface area contributed by atoms with Crippen LogP contribution < -0.4 is 0 Å². The van der Waals surface area contributed by atoms with Crippen LogP contribution in [0.15, 0.2) is 0 Å². The Balaban J connectivity index is 4.76. The van der Waals surface area contributed by atoms with Crippen LogP contribution in [0, 0.1) is 0 Å². The number of carboxylic acid groups (broad SMARTS) is 1. The predicted octanol–water partition coefficient (Wildman–Crippen LogP) is 0.858. The first-order valence-electron chi connectivity index (χ1n) is 2.69. The van der Waals surface area contributed by atoms with E-state index in [4.69, 9.17) is 10.2 Å². The fraction of sp³-hybridized carbons (Fsp3) is 0.750. The van der Waals surface area contributed by atoms with Gasteiger partial charge in [-0.15, -0.1) is 0 Å². The number of ether oxygens (including phenoxy) is 1. The smallest absolute Gasteiger partial charge is 0.475 e. The minimum atomic E-state index is -6.19. The van der Waals surface area contributed by atoms with Crippen LogP contribution in [0.4, 0.5) is 26.3 Å². The third-order valence-corrected chi connectivity index (χ3v) is 0.862. The number of hydrogen-bond donors (Lipinski definition) is 2. The van der Waals surface area contributed by atoms with Gasteiger partial charge in [-0.3, -0.25) is 0 Å². The van der Waals surface area contributed by atoms with Gasteiger partial charge in [0.25, 0.3) is 0 Å².